The average molecular weight is 415 g/mol. The van der Waals surface area contributed by atoms with Gasteiger partial charge >= 0.3 is 0 Å². The number of pyridine rings is 1. The Morgan fingerprint density at radius 3 is 2.61 bits per heavy atom. The van der Waals surface area contributed by atoms with E-state index in [0.29, 0.717) is 5.56 Å². The van der Waals surface area contributed by atoms with Gasteiger partial charge in [-0.2, -0.15) is 0 Å². The molecule has 0 radical (unpaired) electrons. The van der Waals surface area contributed by atoms with E-state index >= 15 is 0 Å². The number of carbonyl (C=O) groups is 1. The van der Waals surface area contributed by atoms with Crippen molar-refractivity contribution < 1.29 is 4.79 Å². The Kier molecular flexibility index (Phi) is 5.36. The van der Waals surface area contributed by atoms with Crippen molar-refractivity contribution in [3.63, 3.8) is 0 Å². The molecule has 5 nitrogen and oxygen atoms in total. The molecule has 0 bridgehead atoms. The summed E-state index contributed by atoms with van der Waals surface area (Å²) in [6.45, 7) is 9.53. The summed E-state index contributed by atoms with van der Waals surface area (Å²) in [6.07, 6.45) is 2.82. The van der Waals surface area contributed by atoms with Crippen LogP contribution in [-0.2, 0) is 0 Å². The Morgan fingerprint density at radius 2 is 1.84 bits per heavy atom. The Balaban J connectivity index is 1.29. The number of benzene rings is 2. The Morgan fingerprint density at radius 1 is 1.03 bits per heavy atom. The molecular weight excluding hydrogens is 384 g/mol. The van der Waals surface area contributed by atoms with E-state index in [4.69, 9.17) is 0 Å². The summed E-state index contributed by atoms with van der Waals surface area (Å²) in [5.41, 5.74) is 5.45. The molecule has 0 atom stereocenters. The van der Waals surface area contributed by atoms with E-state index in [-0.39, 0.29) is 5.91 Å². The molecule has 31 heavy (non-hydrogen) atoms. The predicted octanol–water partition coefficient (Wildman–Crippen LogP) is 4.64. The number of fused-ring (bicyclic) bond motifs is 1. The summed E-state index contributed by atoms with van der Waals surface area (Å²) in [6, 6.07) is 16.3. The monoisotopic (exact) mass is 414 g/mol. The maximum atomic E-state index is 13.0. The fourth-order valence-electron chi connectivity index (χ4n) is 4.46. The molecule has 1 saturated carbocycles. The minimum Gasteiger partial charge on any atom is -0.369 e. The number of hydrogen-bond acceptors (Lipinski definition) is 4. The summed E-state index contributed by atoms with van der Waals surface area (Å²) in [4.78, 5) is 22.7. The molecule has 1 aromatic heterocycles. The van der Waals surface area contributed by atoms with E-state index in [1.54, 1.807) is 0 Å². The number of hydrogen-bond donors (Lipinski definition) is 1. The van der Waals surface area contributed by atoms with E-state index in [1.807, 2.05) is 37.3 Å². The highest BCUT2D eigenvalue weighted by Gasteiger charge is 2.26. The van der Waals surface area contributed by atoms with Crippen LogP contribution in [0.15, 0.2) is 48.5 Å². The Bertz CT molecular complexity index is 1110. The number of nitrogens with one attached hydrogen (secondary N) is 1. The lowest BCUT2D eigenvalue weighted by Gasteiger charge is -2.36. The number of amides is 1. The van der Waals surface area contributed by atoms with Crippen molar-refractivity contribution in [3.05, 3.63) is 65.4 Å². The standard InChI is InChI=1S/C26H30N4O/c1-18-6-9-25-21(14-18)15-24(19(2)27-25)26(31)28-22-4-3-5-23(16-22)30-12-10-29(11-13-30)17-20-7-8-20/h3-6,9,14-16,20H,7-8,10-13,17H2,1-2H3,(H,28,31). The van der Waals surface area contributed by atoms with Gasteiger partial charge in [0.25, 0.3) is 5.91 Å². The van der Waals surface area contributed by atoms with Crippen LogP contribution in [0.2, 0.25) is 0 Å². The lowest BCUT2D eigenvalue weighted by Crippen LogP contribution is -2.47. The zero-order valence-corrected chi connectivity index (χ0v) is 18.4. The molecule has 1 saturated heterocycles. The molecule has 1 aliphatic carbocycles. The molecule has 0 spiro atoms. The highest BCUT2D eigenvalue weighted by Crippen LogP contribution is 2.30. The van der Waals surface area contributed by atoms with Crippen LogP contribution in [0.5, 0.6) is 0 Å². The summed E-state index contributed by atoms with van der Waals surface area (Å²) >= 11 is 0. The first-order chi connectivity index (χ1) is 15.0. The van der Waals surface area contributed by atoms with E-state index in [1.165, 1.54) is 25.1 Å². The number of piperazine rings is 1. The number of nitrogens with zero attached hydrogens (tertiary/aromatic N) is 3. The van der Waals surface area contributed by atoms with Crippen LogP contribution in [-0.4, -0.2) is 48.5 Å². The molecule has 160 valence electrons. The summed E-state index contributed by atoms with van der Waals surface area (Å²) in [7, 11) is 0. The average Bonchev–Trinajstić information content (AvgIpc) is 3.58. The number of rotatable bonds is 5. The van der Waals surface area contributed by atoms with Gasteiger partial charge in [0.2, 0.25) is 0 Å². The van der Waals surface area contributed by atoms with Crippen LogP contribution in [0.3, 0.4) is 0 Å². The maximum Gasteiger partial charge on any atom is 0.257 e. The molecule has 5 rings (SSSR count). The first-order valence-electron chi connectivity index (χ1n) is 11.3. The quantitative estimate of drug-likeness (QED) is 0.661. The number of anilines is 2. The van der Waals surface area contributed by atoms with Crippen LogP contribution >= 0.6 is 0 Å². The van der Waals surface area contributed by atoms with Gasteiger partial charge in [-0.15, -0.1) is 0 Å². The largest absolute Gasteiger partial charge is 0.369 e. The van der Waals surface area contributed by atoms with Crippen molar-refractivity contribution in [1.29, 1.82) is 0 Å². The number of carbonyl (C=O) groups excluding carboxylic acids is 1. The van der Waals surface area contributed by atoms with E-state index in [0.717, 1.165) is 59.9 Å². The van der Waals surface area contributed by atoms with Gasteiger partial charge in [0, 0.05) is 49.5 Å². The Hall–Kier alpha value is -2.92. The second kappa shape index (κ2) is 8.31. The molecule has 1 aliphatic heterocycles. The Labute approximate surface area is 184 Å². The zero-order valence-electron chi connectivity index (χ0n) is 18.4. The molecule has 2 aliphatic rings. The normalized spacial score (nSPS) is 17.2. The van der Waals surface area contributed by atoms with Crippen LogP contribution in [0, 0.1) is 19.8 Å². The highest BCUT2D eigenvalue weighted by molar-refractivity contribution is 6.07. The van der Waals surface area contributed by atoms with Gasteiger partial charge in [0.15, 0.2) is 0 Å². The third-order valence-corrected chi connectivity index (χ3v) is 6.46. The van der Waals surface area contributed by atoms with Gasteiger partial charge in [-0.05, 0) is 69.0 Å². The van der Waals surface area contributed by atoms with Gasteiger partial charge in [-0.1, -0.05) is 17.7 Å². The van der Waals surface area contributed by atoms with E-state index in [2.05, 4.69) is 45.2 Å². The first-order valence-corrected chi connectivity index (χ1v) is 11.3. The summed E-state index contributed by atoms with van der Waals surface area (Å²) < 4.78 is 0. The fourth-order valence-corrected chi connectivity index (χ4v) is 4.46. The molecule has 2 fully saturated rings. The van der Waals surface area contributed by atoms with E-state index in [9.17, 15) is 4.79 Å². The van der Waals surface area contributed by atoms with Crippen molar-refractivity contribution in [2.24, 2.45) is 5.92 Å². The van der Waals surface area contributed by atoms with Crippen molar-refractivity contribution in [2.45, 2.75) is 26.7 Å². The molecule has 2 aromatic carbocycles. The van der Waals surface area contributed by atoms with Gasteiger partial charge < -0.3 is 10.2 Å². The van der Waals surface area contributed by atoms with Crippen LogP contribution in [0.1, 0.15) is 34.5 Å². The molecule has 3 aromatic rings. The molecule has 1 N–H and O–H groups in total. The minimum atomic E-state index is -0.111. The van der Waals surface area contributed by atoms with Crippen molar-refractivity contribution in [2.75, 3.05) is 42.9 Å². The van der Waals surface area contributed by atoms with Gasteiger partial charge in [0.1, 0.15) is 0 Å². The summed E-state index contributed by atoms with van der Waals surface area (Å²) in [5, 5.41) is 4.08. The number of aromatic nitrogens is 1. The van der Waals surface area contributed by atoms with Gasteiger partial charge in [-0.3, -0.25) is 14.7 Å². The SMILES string of the molecule is Cc1ccc2nc(C)c(C(=O)Nc3cccc(N4CCN(CC5CC5)CC4)c3)cc2c1. The van der Waals surface area contributed by atoms with Crippen molar-refractivity contribution in [3.8, 4) is 0 Å². The second-order valence-electron chi connectivity index (χ2n) is 9.05. The minimum absolute atomic E-state index is 0.111. The summed E-state index contributed by atoms with van der Waals surface area (Å²) in [5.74, 6) is 0.835. The van der Waals surface area contributed by atoms with Crippen LogP contribution in [0.25, 0.3) is 10.9 Å². The van der Waals surface area contributed by atoms with Crippen molar-refractivity contribution >= 4 is 28.2 Å². The maximum absolute atomic E-state index is 13.0. The zero-order chi connectivity index (χ0) is 21.4. The first kappa shape index (κ1) is 20.0. The third kappa shape index (κ3) is 4.57. The number of aryl methyl sites for hydroxylation is 2. The topological polar surface area (TPSA) is 48.5 Å². The third-order valence-electron chi connectivity index (χ3n) is 6.46. The smallest absolute Gasteiger partial charge is 0.257 e. The molecule has 5 heteroatoms. The molecule has 2 heterocycles. The lowest BCUT2D eigenvalue weighted by molar-refractivity contribution is 0.102. The molecular formula is C26H30N4O. The van der Waals surface area contributed by atoms with Crippen LogP contribution in [0.4, 0.5) is 11.4 Å². The van der Waals surface area contributed by atoms with E-state index < -0.39 is 0 Å². The van der Waals surface area contributed by atoms with Gasteiger partial charge in [-0.25, -0.2) is 0 Å². The van der Waals surface area contributed by atoms with Crippen molar-refractivity contribution in [1.82, 2.24) is 9.88 Å². The molecule has 0 unspecified atom stereocenters. The predicted molar refractivity (Wildman–Crippen MR) is 127 cm³/mol. The van der Waals surface area contributed by atoms with Crippen LogP contribution < -0.4 is 10.2 Å². The lowest BCUT2D eigenvalue weighted by atomic mass is 10.1. The second-order valence-corrected chi connectivity index (χ2v) is 9.05. The highest BCUT2D eigenvalue weighted by atomic mass is 16.1. The van der Waals surface area contributed by atoms with Gasteiger partial charge in [0.05, 0.1) is 16.8 Å². The molecule has 1 amide bonds. The fraction of sp³-hybridized carbons (Fsp3) is 0.385.